The smallest absolute Gasteiger partial charge is 0.149 e. The van der Waals surface area contributed by atoms with Crippen LogP contribution in [-0.2, 0) is 4.87 Å². The van der Waals surface area contributed by atoms with Crippen molar-refractivity contribution in [2.45, 2.75) is 56.7 Å². The molecule has 4 rings (SSSR count). The molecular formula is C22H26N2S. The van der Waals surface area contributed by atoms with Crippen molar-refractivity contribution in [3.8, 4) is 0 Å². The van der Waals surface area contributed by atoms with Crippen molar-refractivity contribution in [3.05, 3.63) is 70.8 Å². The van der Waals surface area contributed by atoms with Crippen LogP contribution >= 0.6 is 11.9 Å². The summed E-state index contributed by atoms with van der Waals surface area (Å²) in [5.74, 6) is 1.74. The Morgan fingerprint density at radius 1 is 0.960 bits per heavy atom. The number of aliphatic imine (C=N–C) groups is 1. The van der Waals surface area contributed by atoms with Crippen molar-refractivity contribution >= 4 is 17.8 Å². The highest BCUT2D eigenvalue weighted by Crippen LogP contribution is 2.41. The fourth-order valence-corrected chi connectivity index (χ4v) is 4.72. The number of amidine groups is 1. The van der Waals surface area contributed by atoms with E-state index >= 15 is 0 Å². The van der Waals surface area contributed by atoms with E-state index in [1.54, 1.807) is 11.9 Å². The zero-order valence-corrected chi connectivity index (χ0v) is 15.9. The van der Waals surface area contributed by atoms with Crippen molar-refractivity contribution in [3.63, 3.8) is 0 Å². The third-order valence-electron chi connectivity index (χ3n) is 5.52. The van der Waals surface area contributed by atoms with Gasteiger partial charge in [0.15, 0.2) is 0 Å². The van der Waals surface area contributed by atoms with Gasteiger partial charge < -0.3 is 4.72 Å². The Kier molecular flexibility index (Phi) is 4.60. The van der Waals surface area contributed by atoms with Gasteiger partial charge in [-0.05, 0) is 55.7 Å². The topological polar surface area (TPSA) is 24.4 Å². The second kappa shape index (κ2) is 6.87. The summed E-state index contributed by atoms with van der Waals surface area (Å²) in [5, 5.41) is 0. The predicted octanol–water partition coefficient (Wildman–Crippen LogP) is 5.91. The quantitative estimate of drug-likeness (QED) is 0.696. The summed E-state index contributed by atoms with van der Waals surface area (Å²) < 4.78 is 3.43. The molecule has 130 valence electrons. The number of hydrogen-bond acceptors (Lipinski definition) is 3. The Bertz CT molecular complexity index is 758. The normalized spacial score (nSPS) is 24.0. The molecule has 2 aliphatic rings. The third-order valence-corrected chi connectivity index (χ3v) is 6.54. The Balaban J connectivity index is 1.55. The van der Waals surface area contributed by atoms with Crippen LogP contribution in [0.15, 0.2) is 53.5 Å². The molecule has 0 aromatic heterocycles. The van der Waals surface area contributed by atoms with Crippen molar-refractivity contribution in [1.29, 1.82) is 0 Å². The van der Waals surface area contributed by atoms with E-state index in [2.05, 4.69) is 67.1 Å². The van der Waals surface area contributed by atoms with Gasteiger partial charge in [-0.3, -0.25) is 0 Å². The minimum absolute atomic E-state index is 0.259. The second-order valence-corrected chi connectivity index (χ2v) is 8.67. The van der Waals surface area contributed by atoms with Gasteiger partial charge in [0.05, 0.1) is 0 Å². The molecule has 3 heteroatoms. The molecule has 0 bridgehead atoms. The van der Waals surface area contributed by atoms with Crippen LogP contribution in [0.1, 0.15) is 67.2 Å². The lowest BCUT2D eigenvalue weighted by Gasteiger charge is -2.23. The van der Waals surface area contributed by atoms with Gasteiger partial charge in [0, 0.05) is 5.56 Å². The van der Waals surface area contributed by atoms with E-state index in [0.717, 1.165) is 17.3 Å². The van der Waals surface area contributed by atoms with E-state index in [4.69, 9.17) is 4.99 Å². The molecule has 25 heavy (non-hydrogen) atoms. The molecule has 2 nitrogen and oxygen atoms in total. The molecule has 0 saturated heterocycles. The lowest BCUT2D eigenvalue weighted by atomic mass is 9.84. The summed E-state index contributed by atoms with van der Waals surface area (Å²) in [6, 6.07) is 17.8. The van der Waals surface area contributed by atoms with Crippen molar-refractivity contribution < 1.29 is 0 Å². The predicted molar refractivity (Wildman–Crippen MR) is 108 cm³/mol. The Morgan fingerprint density at radius 3 is 2.32 bits per heavy atom. The lowest BCUT2D eigenvalue weighted by molar-refractivity contribution is 0.443. The van der Waals surface area contributed by atoms with E-state index < -0.39 is 0 Å². The Morgan fingerprint density at radius 2 is 1.64 bits per heavy atom. The third kappa shape index (κ3) is 3.48. The van der Waals surface area contributed by atoms with Crippen molar-refractivity contribution in [2.75, 3.05) is 0 Å². The number of benzene rings is 2. The lowest BCUT2D eigenvalue weighted by Crippen LogP contribution is -2.13. The van der Waals surface area contributed by atoms with Crippen LogP contribution in [0.3, 0.4) is 0 Å². The van der Waals surface area contributed by atoms with Gasteiger partial charge in [0.1, 0.15) is 10.7 Å². The van der Waals surface area contributed by atoms with Crippen molar-refractivity contribution in [1.82, 2.24) is 4.72 Å². The first-order valence-corrected chi connectivity index (χ1v) is 10.2. The van der Waals surface area contributed by atoms with Crippen LogP contribution < -0.4 is 4.72 Å². The van der Waals surface area contributed by atoms with Crippen LogP contribution in [0.4, 0.5) is 0 Å². The van der Waals surface area contributed by atoms with Crippen LogP contribution in [-0.4, -0.2) is 5.84 Å². The molecule has 0 spiro atoms. The monoisotopic (exact) mass is 350 g/mol. The molecular weight excluding hydrogens is 324 g/mol. The average Bonchev–Trinajstić information content (AvgIpc) is 3.07. The number of aryl methyl sites for hydroxylation is 1. The summed E-state index contributed by atoms with van der Waals surface area (Å²) in [6.07, 6.45) is 6.87. The maximum absolute atomic E-state index is 5.00. The summed E-state index contributed by atoms with van der Waals surface area (Å²) in [4.78, 5) is 4.74. The zero-order chi connectivity index (χ0) is 17.3. The molecule has 1 fully saturated rings. The molecule has 2 aromatic carbocycles. The molecule has 1 atom stereocenters. The van der Waals surface area contributed by atoms with Gasteiger partial charge in [-0.25, -0.2) is 4.99 Å². The van der Waals surface area contributed by atoms with E-state index in [9.17, 15) is 0 Å². The molecule has 1 aliphatic carbocycles. The zero-order valence-electron chi connectivity index (χ0n) is 15.1. The van der Waals surface area contributed by atoms with Gasteiger partial charge in [-0.15, -0.1) is 0 Å². The standard InChI is InChI=1S/C22H26N2S/c1-16-8-10-19(11-9-16)21-23-22(2,25-24-21)20-14-12-18(13-15-20)17-6-4-3-5-7-17/h8-15,17H,3-7H2,1-2H3,(H,23,24). The number of rotatable bonds is 3. The molecule has 0 radical (unpaired) electrons. The van der Waals surface area contributed by atoms with Gasteiger partial charge in [0.2, 0.25) is 0 Å². The first-order chi connectivity index (χ1) is 12.1. The largest absolute Gasteiger partial charge is 0.312 e. The highest BCUT2D eigenvalue weighted by Gasteiger charge is 2.33. The first kappa shape index (κ1) is 16.7. The molecule has 2 aromatic rings. The Hall–Kier alpha value is -1.74. The van der Waals surface area contributed by atoms with Crippen LogP contribution in [0, 0.1) is 6.92 Å². The molecule has 1 aliphatic heterocycles. The van der Waals surface area contributed by atoms with E-state index in [1.807, 2.05) is 0 Å². The SMILES string of the molecule is Cc1ccc(C2=NC(C)(c3ccc(C4CCCCC4)cc3)SN2)cc1. The summed E-state index contributed by atoms with van der Waals surface area (Å²) >= 11 is 1.69. The summed E-state index contributed by atoms with van der Waals surface area (Å²) in [7, 11) is 0. The first-order valence-electron chi connectivity index (χ1n) is 9.35. The van der Waals surface area contributed by atoms with Gasteiger partial charge in [-0.2, -0.15) is 0 Å². The molecule has 1 unspecified atom stereocenters. The highest BCUT2D eigenvalue weighted by atomic mass is 32.2. The molecule has 1 N–H and O–H groups in total. The number of nitrogens with one attached hydrogen (secondary N) is 1. The summed E-state index contributed by atoms with van der Waals surface area (Å²) in [5.41, 5.74) is 5.20. The molecule has 1 heterocycles. The van der Waals surface area contributed by atoms with Gasteiger partial charge in [0.25, 0.3) is 0 Å². The van der Waals surface area contributed by atoms with E-state index in [1.165, 1.54) is 48.8 Å². The van der Waals surface area contributed by atoms with Crippen LogP contribution in [0.25, 0.3) is 0 Å². The fourth-order valence-electron chi connectivity index (χ4n) is 3.87. The average molecular weight is 351 g/mol. The molecule has 1 saturated carbocycles. The van der Waals surface area contributed by atoms with Crippen LogP contribution in [0.2, 0.25) is 0 Å². The second-order valence-electron chi connectivity index (χ2n) is 7.47. The van der Waals surface area contributed by atoms with Gasteiger partial charge in [-0.1, -0.05) is 73.4 Å². The Labute approximate surface area is 155 Å². The molecule has 0 amide bonds. The number of nitrogens with zero attached hydrogens (tertiary/aromatic N) is 1. The van der Waals surface area contributed by atoms with Crippen LogP contribution in [0.5, 0.6) is 0 Å². The highest BCUT2D eigenvalue weighted by molar-refractivity contribution is 7.99. The maximum atomic E-state index is 5.00. The van der Waals surface area contributed by atoms with E-state index in [-0.39, 0.29) is 4.87 Å². The minimum atomic E-state index is -0.259. The van der Waals surface area contributed by atoms with Gasteiger partial charge >= 0.3 is 0 Å². The van der Waals surface area contributed by atoms with Crippen molar-refractivity contribution in [2.24, 2.45) is 4.99 Å². The fraction of sp³-hybridized carbons (Fsp3) is 0.409. The maximum Gasteiger partial charge on any atom is 0.149 e. The number of hydrogen-bond donors (Lipinski definition) is 1. The minimum Gasteiger partial charge on any atom is -0.312 e. The van der Waals surface area contributed by atoms with E-state index in [0.29, 0.717) is 0 Å². The summed E-state index contributed by atoms with van der Waals surface area (Å²) in [6.45, 7) is 4.31.